The molecule has 3 aromatic carbocycles. The standard InChI is InChI=1S/C32H24N4/c1-36(32-11-5-7-23-6-2-3-10-29(23)32)28-9-4-8-26(20-28)27-21-30(24-12-16-33-17-13-24)35-31(22-27)25-14-18-34-19-15-25/h2-22H,1H3. The largest absolute Gasteiger partial charge is 0.344 e. The first-order chi connectivity index (χ1) is 17.8. The molecule has 36 heavy (non-hydrogen) atoms. The molecule has 4 heteroatoms. The fourth-order valence-corrected chi connectivity index (χ4v) is 4.57. The quantitative estimate of drug-likeness (QED) is 0.261. The zero-order valence-corrected chi connectivity index (χ0v) is 19.9. The average Bonchev–Trinajstić information content (AvgIpc) is 2.97. The molecule has 4 nitrogen and oxygen atoms in total. The molecule has 0 saturated carbocycles. The Morgan fingerprint density at radius 3 is 1.83 bits per heavy atom. The van der Waals surface area contributed by atoms with Gasteiger partial charge in [0.2, 0.25) is 0 Å². The Morgan fingerprint density at radius 1 is 0.528 bits per heavy atom. The van der Waals surface area contributed by atoms with Crippen LogP contribution >= 0.6 is 0 Å². The molecule has 6 aromatic rings. The smallest absolute Gasteiger partial charge is 0.0716 e. The molecule has 0 N–H and O–H groups in total. The molecule has 3 aromatic heterocycles. The van der Waals surface area contributed by atoms with E-state index in [1.54, 1.807) is 24.8 Å². The lowest BCUT2D eigenvalue weighted by molar-refractivity contribution is 1.22. The maximum absolute atomic E-state index is 4.97. The fourth-order valence-electron chi connectivity index (χ4n) is 4.57. The molecule has 0 bridgehead atoms. The zero-order valence-electron chi connectivity index (χ0n) is 19.9. The first-order valence-electron chi connectivity index (χ1n) is 11.9. The van der Waals surface area contributed by atoms with Crippen LogP contribution in [0.25, 0.3) is 44.4 Å². The van der Waals surface area contributed by atoms with E-state index in [0.717, 1.165) is 39.3 Å². The zero-order chi connectivity index (χ0) is 24.3. The highest BCUT2D eigenvalue weighted by Gasteiger charge is 2.12. The molecule has 0 atom stereocenters. The van der Waals surface area contributed by atoms with E-state index in [2.05, 4.69) is 101 Å². The Morgan fingerprint density at radius 2 is 1.14 bits per heavy atom. The number of benzene rings is 3. The Hall–Kier alpha value is -4.83. The summed E-state index contributed by atoms with van der Waals surface area (Å²) in [6.45, 7) is 0. The van der Waals surface area contributed by atoms with Crippen LogP contribution in [0.4, 0.5) is 11.4 Å². The molecular formula is C32H24N4. The second-order valence-corrected chi connectivity index (χ2v) is 8.71. The molecule has 6 rings (SSSR count). The number of hydrogen-bond acceptors (Lipinski definition) is 4. The minimum atomic E-state index is 0.912. The molecule has 172 valence electrons. The first-order valence-corrected chi connectivity index (χ1v) is 11.9. The number of anilines is 2. The number of fused-ring (bicyclic) bond motifs is 1. The Kier molecular flexibility index (Phi) is 5.68. The van der Waals surface area contributed by atoms with Gasteiger partial charge in [0.25, 0.3) is 0 Å². The van der Waals surface area contributed by atoms with Gasteiger partial charge in [0.15, 0.2) is 0 Å². The normalized spacial score (nSPS) is 10.9. The summed E-state index contributed by atoms with van der Waals surface area (Å²) in [6.07, 6.45) is 7.20. The summed E-state index contributed by atoms with van der Waals surface area (Å²) >= 11 is 0. The predicted molar refractivity (Wildman–Crippen MR) is 148 cm³/mol. The predicted octanol–water partition coefficient (Wildman–Crippen LogP) is 7.79. The summed E-state index contributed by atoms with van der Waals surface area (Å²) in [7, 11) is 2.12. The number of aromatic nitrogens is 3. The van der Waals surface area contributed by atoms with E-state index in [9.17, 15) is 0 Å². The van der Waals surface area contributed by atoms with Gasteiger partial charge in [-0.3, -0.25) is 9.97 Å². The van der Waals surface area contributed by atoms with E-state index < -0.39 is 0 Å². The molecule has 0 spiro atoms. The number of hydrogen-bond donors (Lipinski definition) is 0. The maximum Gasteiger partial charge on any atom is 0.0716 e. The van der Waals surface area contributed by atoms with Gasteiger partial charge < -0.3 is 4.90 Å². The van der Waals surface area contributed by atoms with E-state index in [0.29, 0.717) is 0 Å². The molecule has 0 aliphatic heterocycles. The lowest BCUT2D eigenvalue weighted by Gasteiger charge is -2.22. The van der Waals surface area contributed by atoms with Crippen LogP contribution in [0, 0.1) is 0 Å². The second-order valence-electron chi connectivity index (χ2n) is 8.71. The van der Waals surface area contributed by atoms with Crippen molar-refractivity contribution in [3.8, 4) is 33.6 Å². The molecule has 3 heterocycles. The lowest BCUT2D eigenvalue weighted by Crippen LogP contribution is -2.09. The highest BCUT2D eigenvalue weighted by atomic mass is 15.1. The summed E-state index contributed by atoms with van der Waals surface area (Å²) in [6, 6.07) is 35.9. The van der Waals surface area contributed by atoms with Crippen molar-refractivity contribution in [3.63, 3.8) is 0 Å². The molecule has 0 saturated heterocycles. The van der Waals surface area contributed by atoms with E-state index in [1.807, 2.05) is 24.3 Å². The summed E-state index contributed by atoms with van der Waals surface area (Å²) < 4.78 is 0. The highest BCUT2D eigenvalue weighted by Crippen LogP contribution is 2.35. The third-order valence-corrected chi connectivity index (χ3v) is 6.47. The SMILES string of the molecule is CN(c1cccc(-c2cc(-c3ccncc3)nc(-c3ccncc3)c2)c1)c1cccc2ccccc12. The van der Waals surface area contributed by atoms with Gasteiger partial charge in [-0.2, -0.15) is 0 Å². The van der Waals surface area contributed by atoms with Gasteiger partial charge in [-0.05, 0) is 71.1 Å². The maximum atomic E-state index is 4.97. The monoisotopic (exact) mass is 464 g/mol. The second kappa shape index (κ2) is 9.43. The lowest BCUT2D eigenvalue weighted by atomic mass is 10.00. The molecule has 0 amide bonds. The van der Waals surface area contributed by atoms with Crippen LogP contribution in [0.3, 0.4) is 0 Å². The number of pyridine rings is 3. The van der Waals surface area contributed by atoms with Crippen LogP contribution < -0.4 is 4.90 Å². The van der Waals surface area contributed by atoms with Crippen molar-refractivity contribution in [2.24, 2.45) is 0 Å². The van der Waals surface area contributed by atoms with E-state index in [1.165, 1.54) is 16.5 Å². The minimum absolute atomic E-state index is 0.912. The van der Waals surface area contributed by atoms with Gasteiger partial charge in [0, 0.05) is 59.7 Å². The topological polar surface area (TPSA) is 41.9 Å². The third kappa shape index (κ3) is 4.21. The van der Waals surface area contributed by atoms with Crippen molar-refractivity contribution in [1.82, 2.24) is 15.0 Å². The Bertz CT molecular complexity index is 1580. The van der Waals surface area contributed by atoms with Crippen molar-refractivity contribution in [1.29, 1.82) is 0 Å². The Balaban J connectivity index is 1.46. The van der Waals surface area contributed by atoms with E-state index >= 15 is 0 Å². The molecule has 0 aliphatic rings. The van der Waals surface area contributed by atoms with Crippen molar-refractivity contribution in [2.45, 2.75) is 0 Å². The van der Waals surface area contributed by atoms with Gasteiger partial charge in [-0.1, -0.05) is 48.5 Å². The van der Waals surface area contributed by atoms with Crippen molar-refractivity contribution >= 4 is 22.1 Å². The van der Waals surface area contributed by atoms with E-state index in [4.69, 9.17) is 4.98 Å². The molecule has 0 radical (unpaired) electrons. The van der Waals surface area contributed by atoms with E-state index in [-0.39, 0.29) is 0 Å². The van der Waals surface area contributed by atoms with Crippen LogP contribution in [0.5, 0.6) is 0 Å². The molecular weight excluding hydrogens is 440 g/mol. The van der Waals surface area contributed by atoms with Crippen LogP contribution in [0.15, 0.2) is 128 Å². The highest BCUT2D eigenvalue weighted by molar-refractivity contribution is 5.96. The van der Waals surface area contributed by atoms with Crippen molar-refractivity contribution in [2.75, 3.05) is 11.9 Å². The summed E-state index contributed by atoms with van der Waals surface area (Å²) in [5.74, 6) is 0. The van der Waals surface area contributed by atoms with Crippen LogP contribution in [-0.2, 0) is 0 Å². The van der Waals surface area contributed by atoms with Crippen molar-refractivity contribution < 1.29 is 0 Å². The van der Waals surface area contributed by atoms with Gasteiger partial charge in [0.1, 0.15) is 0 Å². The minimum Gasteiger partial charge on any atom is -0.344 e. The molecule has 0 fully saturated rings. The third-order valence-electron chi connectivity index (χ3n) is 6.47. The number of nitrogens with zero attached hydrogens (tertiary/aromatic N) is 4. The Labute approximate surface area is 210 Å². The first kappa shape index (κ1) is 21.7. The van der Waals surface area contributed by atoms with Gasteiger partial charge >= 0.3 is 0 Å². The molecule has 0 aliphatic carbocycles. The number of rotatable bonds is 5. The average molecular weight is 465 g/mol. The van der Waals surface area contributed by atoms with Gasteiger partial charge in [0.05, 0.1) is 11.4 Å². The summed E-state index contributed by atoms with van der Waals surface area (Å²) in [5.41, 5.74) is 8.43. The van der Waals surface area contributed by atoms with Gasteiger partial charge in [-0.25, -0.2) is 4.98 Å². The summed E-state index contributed by atoms with van der Waals surface area (Å²) in [5, 5.41) is 2.47. The van der Waals surface area contributed by atoms with Crippen molar-refractivity contribution in [3.05, 3.63) is 128 Å². The van der Waals surface area contributed by atoms with Crippen LogP contribution in [-0.4, -0.2) is 22.0 Å². The van der Waals surface area contributed by atoms with Crippen LogP contribution in [0.2, 0.25) is 0 Å². The molecule has 0 unspecified atom stereocenters. The summed E-state index contributed by atoms with van der Waals surface area (Å²) in [4.78, 5) is 15.6. The van der Waals surface area contributed by atoms with Gasteiger partial charge in [-0.15, -0.1) is 0 Å². The fraction of sp³-hybridized carbons (Fsp3) is 0.0312. The van der Waals surface area contributed by atoms with Crippen LogP contribution in [0.1, 0.15) is 0 Å².